The summed E-state index contributed by atoms with van der Waals surface area (Å²) in [6.45, 7) is 0.710. The van der Waals surface area contributed by atoms with Gasteiger partial charge in [0.15, 0.2) is 0 Å². The van der Waals surface area contributed by atoms with Gasteiger partial charge in [-0.25, -0.2) is 0 Å². The first-order valence-electron chi connectivity index (χ1n) is 4.85. The van der Waals surface area contributed by atoms with Crippen molar-refractivity contribution in [3.63, 3.8) is 0 Å². The van der Waals surface area contributed by atoms with Gasteiger partial charge in [-0.1, -0.05) is 11.6 Å². The molecule has 1 aromatic rings. The SMILES string of the molecule is CSCCN(C)C(=O)c1ccc(Cl)cc1N. The average Bonchev–Trinajstić information content (AvgIpc) is 2.25. The predicted octanol–water partition coefficient (Wildman–Crippen LogP) is 2.36. The first-order chi connectivity index (χ1) is 7.56. The maximum Gasteiger partial charge on any atom is 0.255 e. The molecule has 0 aliphatic carbocycles. The van der Waals surface area contributed by atoms with Crippen molar-refractivity contribution in [2.24, 2.45) is 0 Å². The summed E-state index contributed by atoms with van der Waals surface area (Å²) >= 11 is 7.48. The molecule has 0 saturated heterocycles. The molecule has 0 aromatic heterocycles. The molecule has 0 unspecified atom stereocenters. The van der Waals surface area contributed by atoms with E-state index in [1.807, 2.05) is 6.26 Å². The van der Waals surface area contributed by atoms with Gasteiger partial charge < -0.3 is 10.6 Å². The second-order valence-electron chi connectivity index (χ2n) is 3.45. The summed E-state index contributed by atoms with van der Waals surface area (Å²) in [6.07, 6.45) is 2.01. The third-order valence-electron chi connectivity index (χ3n) is 2.22. The van der Waals surface area contributed by atoms with Crippen molar-refractivity contribution in [2.45, 2.75) is 0 Å². The van der Waals surface area contributed by atoms with E-state index in [0.29, 0.717) is 22.8 Å². The highest BCUT2D eigenvalue weighted by molar-refractivity contribution is 7.98. The van der Waals surface area contributed by atoms with E-state index < -0.39 is 0 Å². The molecule has 1 aromatic carbocycles. The molecule has 0 aliphatic heterocycles. The van der Waals surface area contributed by atoms with Gasteiger partial charge in [0, 0.05) is 30.1 Å². The minimum Gasteiger partial charge on any atom is -0.398 e. The highest BCUT2D eigenvalue weighted by Gasteiger charge is 2.14. The van der Waals surface area contributed by atoms with Gasteiger partial charge in [-0.15, -0.1) is 0 Å². The Morgan fingerprint density at radius 2 is 2.25 bits per heavy atom. The number of nitrogens with zero attached hydrogens (tertiary/aromatic N) is 1. The molecule has 16 heavy (non-hydrogen) atoms. The number of hydrogen-bond acceptors (Lipinski definition) is 3. The van der Waals surface area contributed by atoms with Gasteiger partial charge in [0.2, 0.25) is 0 Å². The fraction of sp³-hybridized carbons (Fsp3) is 0.364. The smallest absolute Gasteiger partial charge is 0.255 e. The number of hydrogen-bond donors (Lipinski definition) is 1. The summed E-state index contributed by atoms with van der Waals surface area (Å²) in [5.74, 6) is 0.846. The topological polar surface area (TPSA) is 46.3 Å². The highest BCUT2D eigenvalue weighted by atomic mass is 35.5. The number of thioether (sulfide) groups is 1. The molecule has 0 aliphatic rings. The molecular weight excluding hydrogens is 244 g/mol. The number of carbonyl (C=O) groups is 1. The van der Waals surface area contributed by atoms with Crippen LogP contribution in [-0.4, -0.2) is 36.4 Å². The van der Waals surface area contributed by atoms with Crippen molar-refractivity contribution in [3.05, 3.63) is 28.8 Å². The summed E-state index contributed by atoms with van der Waals surface area (Å²) in [5.41, 5.74) is 6.68. The van der Waals surface area contributed by atoms with Crippen LogP contribution in [0.5, 0.6) is 0 Å². The van der Waals surface area contributed by atoms with E-state index in [1.54, 1.807) is 41.9 Å². The molecule has 1 rings (SSSR count). The fourth-order valence-corrected chi connectivity index (χ4v) is 1.90. The van der Waals surface area contributed by atoms with E-state index in [2.05, 4.69) is 0 Å². The highest BCUT2D eigenvalue weighted by Crippen LogP contribution is 2.19. The second kappa shape index (κ2) is 6.01. The number of rotatable bonds is 4. The zero-order valence-corrected chi connectivity index (χ0v) is 10.9. The maximum absolute atomic E-state index is 12.0. The minimum absolute atomic E-state index is 0.0665. The first-order valence-corrected chi connectivity index (χ1v) is 6.63. The Bertz CT molecular complexity index is 384. The zero-order valence-electron chi connectivity index (χ0n) is 9.37. The van der Waals surface area contributed by atoms with Gasteiger partial charge >= 0.3 is 0 Å². The molecular formula is C11H15ClN2OS. The molecule has 0 radical (unpaired) electrons. The van der Waals surface area contributed by atoms with Crippen LogP contribution < -0.4 is 5.73 Å². The van der Waals surface area contributed by atoms with Crippen LogP contribution in [0.3, 0.4) is 0 Å². The number of amides is 1. The number of halogens is 1. The van der Waals surface area contributed by atoms with Gasteiger partial charge in [-0.3, -0.25) is 4.79 Å². The normalized spacial score (nSPS) is 10.2. The molecule has 0 fully saturated rings. The van der Waals surface area contributed by atoms with Crippen LogP contribution in [0.2, 0.25) is 5.02 Å². The Morgan fingerprint density at radius 1 is 1.56 bits per heavy atom. The van der Waals surface area contributed by atoms with Gasteiger partial charge in [-0.2, -0.15) is 11.8 Å². The zero-order chi connectivity index (χ0) is 12.1. The van der Waals surface area contributed by atoms with Gasteiger partial charge in [0.1, 0.15) is 0 Å². The van der Waals surface area contributed by atoms with Crippen molar-refractivity contribution in [1.82, 2.24) is 4.90 Å². The van der Waals surface area contributed by atoms with Crippen LogP contribution in [0.1, 0.15) is 10.4 Å². The van der Waals surface area contributed by atoms with E-state index in [1.165, 1.54) is 0 Å². The lowest BCUT2D eigenvalue weighted by Crippen LogP contribution is -2.29. The Morgan fingerprint density at radius 3 is 2.81 bits per heavy atom. The molecule has 88 valence electrons. The summed E-state index contributed by atoms with van der Waals surface area (Å²) < 4.78 is 0. The summed E-state index contributed by atoms with van der Waals surface area (Å²) in [6, 6.07) is 4.93. The first kappa shape index (κ1) is 13.2. The largest absolute Gasteiger partial charge is 0.398 e. The van der Waals surface area contributed by atoms with Gasteiger partial charge in [-0.05, 0) is 24.5 Å². The Labute approximate surface area is 105 Å². The molecule has 5 heteroatoms. The molecule has 1 amide bonds. The average molecular weight is 259 g/mol. The van der Waals surface area contributed by atoms with Crippen molar-refractivity contribution >= 4 is 35.0 Å². The lowest BCUT2D eigenvalue weighted by Gasteiger charge is -2.17. The van der Waals surface area contributed by atoms with Crippen LogP contribution in [0.25, 0.3) is 0 Å². The van der Waals surface area contributed by atoms with Crippen molar-refractivity contribution in [3.8, 4) is 0 Å². The monoisotopic (exact) mass is 258 g/mol. The Kier molecular flexibility index (Phi) is 4.96. The van der Waals surface area contributed by atoms with Crippen LogP contribution in [0.4, 0.5) is 5.69 Å². The molecule has 0 spiro atoms. The molecule has 2 N–H and O–H groups in total. The molecule has 0 atom stereocenters. The standard InChI is InChI=1S/C11H15ClN2OS/c1-14(5-6-16-2)11(15)9-4-3-8(12)7-10(9)13/h3-4,7H,5-6,13H2,1-2H3. The third kappa shape index (κ3) is 3.32. The van der Waals surface area contributed by atoms with Crippen molar-refractivity contribution in [1.29, 1.82) is 0 Å². The minimum atomic E-state index is -0.0665. The number of nitrogens with two attached hydrogens (primary N) is 1. The van der Waals surface area contributed by atoms with Crippen LogP contribution >= 0.6 is 23.4 Å². The van der Waals surface area contributed by atoms with Crippen LogP contribution in [0.15, 0.2) is 18.2 Å². The van der Waals surface area contributed by atoms with E-state index >= 15 is 0 Å². The molecule has 0 bridgehead atoms. The number of nitrogen functional groups attached to an aromatic ring is 1. The number of carbonyl (C=O) groups excluding carboxylic acids is 1. The van der Waals surface area contributed by atoms with E-state index in [-0.39, 0.29) is 5.91 Å². The summed E-state index contributed by atoms with van der Waals surface area (Å²) in [5, 5.41) is 0.542. The summed E-state index contributed by atoms with van der Waals surface area (Å²) in [4.78, 5) is 13.6. The van der Waals surface area contributed by atoms with Gasteiger partial charge in [0.25, 0.3) is 5.91 Å². The van der Waals surface area contributed by atoms with Gasteiger partial charge in [0.05, 0.1) is 5.56 Å². The van der Waals surface area contributed by atoms with Crippen LogP contribution in [-0.2, 0) is 0 Å². The fourth-order valence-electron chi connectivity index (χ4n) is 1.26. The van der Waals surface area contributed by atoms with E-state index in [4.69, 9.17) is 17.3 Å². The summed E-state index contributed by atoms with van der Waals surface area (Å²) in [7, 11) is 1.77. The quantitative estimate of drug-likeness (QED) is 0.844. The van der Waals surface area contributed by atoms with Crippen LogP contribution in [0, 0.1) is 0 Å². The number of anilines is 1. The van der Waals surface area contributed by atoms with E-state index in [0.717, 1.165) is 5.75 Å². The van der Waals surface area contributed by atoms with Crippen molar-refractivity contribution < 1.29 is 4.79 Å². The second-order valence-corrected chi connectivity index (χ2v) is 4.87. The predicted molar refractivity (Wildman–Crippen MR) is 71.2 cm³/mol. The van der Waals surface area contributed by atoms with Crippen molar-refractivity contribution in [2.75, 3.05) is 31.3 Å². The molecule has 3 nitrogen and oxygen atoms in total. The lowest BCUT2D eigenvalue weighted by atomic mass is 10.1. The number of benzene rings is 1. The lowest BCUT2D eigenvalue weighted by molar-refractivity contribution is 0.0805. The maximum atomic E-state index is 12.0. The molecule has 0 heterocycles. The third-order valence-corrected chi connectivity index (χ3v) is 3.05. The molecule has 0 saturated carbocycles. The Balaban J connectivity index is 2.79. The Hall–Kier alpha value is -0.870. The van der Waals surface area contributed by atoms with E-state index in [9.17, 15) is 4.79 Å².